The summed E-state index contributed by atoms with van der Waals surface area (Å²) in [5.41, 5.74) is -0.179. The molecule has 0 fully saturated rings. The Morgan fingerprint density at radius 1 is 1.00 bits per heavy atom. The van der Waals surface area contributed by atoms with Gasteiger partial charge in [0.1, 0.15) is 5.75 Å². The van der Waals surface area contributed by atoms with E-state index in [-0.39, 0.29) is 30.8 Å². The van der Waals surface area contributed by atoms with Crippen molar-refractivity contribution in [2.75, 3.05) is 25.0 Å². The van der Waals surface area contributed by atoms with E-state index in [0.717, 1.165) is 11.6 Å². The largest absolute Gasteiger partial charge is 0.484 e. The fourth-order valence-corrected chi connectivity index (χ4v) is 2.87. The molecule has 2 rings (SSSR count). The molecule has 0 aliphatic heterocycles. The van der Waals surface area contributed by atoms with Gasteiger partial charge in [-0.2, -0.15) is 13.2 Å². The number of benzene rings is 2. The number of likely N-dealkylation sites (N-methyl/N-ethyl adjacent to an activating group) is 1. The number of hydrogen-bond acceptors (Lipinski definition) is 3. The molecule has 31 heavy (non-hydrogen) atoms. The van der Waals surface area contributed by atoms with Gasteiger partial charge in [-0.15, -0.1) is 0 Å². The van der Waals surface area contributed by atoms with Crippen LogP contribution in [0.2, 0.25) is 0 Å². The number of hydrogen-bond donors (Lipinski definition) is 1. The molecule has 0 radical (unpaired) electrons. The van der Waals surface area contributed by atoms with E-state index in [1.54, 1.807) is 19.1 Å². The van der Waals surface area contributed by atoms with E-state index in [1.807, 2.05) is 12.1 Å². The first-order valence-corrected chi connectivity index (χ1v) is 9.89. The zero-order chi connectivity index (χ0) is 23.2. The van der Waals surface area contributed by atoms with Crippen LogP contribution < -0.4 is 10.1 Å². The topological polar surface area (TPSA) is 58.6 Å². The van der Waals surface area contributed by atoms with E-state index in [1.165, 1.54) is 23.1 Å². The monoisotopic (exact) mass is 436 g/mol. The smallest absolute Gasteiger partial charge is 0.418 e. The average Bonchev–Trinajstić information content (AvgIpc) is 2.69. The molecule has 8 heteroatoms. The Labute approximate surface area is 180 Å². The third-order valence-electron chi connectivity index (χ3n) is 4.66. The number of anilines is 1. The van der Waals surface area contributed by atoms with Gasteiger partial charge in [0.25, 0.3) is 5.91 Å². The lowest BCUT2D eigenvalue weighted by atomic mass is 9.87. The van der Waals surface area contributed by atoms with E-state index in [0.29, 0.717) is 5.75 Å². The van der Waals surface area contributed by atoms with Crippen molar-refractivity contribution in [3.63, 3.8) is 0 Å². The second-order valence-electron chi connectivity index (χ2n) is 8.06. The Hall–Kier alpha value is -3.03. The van der Waals surface area contributed by atoms with Gasteiger partial charge in [0.15, 0.2) is 6.61 Å². The van der Waals surface area contributed by atoms with Crippen LogP contribution in [0.3, 0.4) is 0 Å². The molecule has 0 spiro atoms. The van der Waals surface area contributed by atoms with Crippen molar-refractivity contribution in [1.82, 2.24) is 4.90 Å². The van der Waals surface area contributed by atoms with E-state index in [4.69, 9.17) is 4.74 Å². The first kappa shape index (κ1) is 24.2. The van der Waals surface area contributed by atoms with Crippen LogP contribution >= 0.6 is 0 Å². The lowest BCUT2D eigenvalue weighted by Gasteiger charge is -2.22. The summed E-state index contributed by atoms with van der Waals surface area (Å²) in [7, 11) is 0. The van der Waals surface area contributed by atoms with E-state index in [2.05, 4.69) is 26.1 Å². The van der Waals surface area contributed by atoms with Crippen molar-refractivity contribution < 1.29 is 27.5 Å². The molecule has 2 amide bonds. The number of halogens is 3. The van der Waals surface area contributed by atoms with E-state index in [9.17, 15) is 22.8 Å². The lowest BCUT2D eigenvalue weighted by Crippen LogP contribution is -2.40. The summed E-state index contributed by atoms with van der Waals surface area (Å²) in [6.45, 7) is 7.48. The van der Waals surface area contributed by atoms with E-state index < -0.39 is 23.6 Å². The Balaban J connectivity index is 1.95. The van der Waals surface area contributed by atoms with Crippen molar-refractivity contribution >= 4 is 17.5 Å². The molecule has 0 aliphatic carbocycles. The van der Waals surface area contributed by atoms with Gasteiger partial charge < -0.3 is 15.0 Å². The summed E-state index contributed by atoms with van der Waals surface area (Å²) >= 11 is 0. The number of para-hydroxylation sites is 1. The zero-order valence-electron chi connectivity index (χ0n) is 18.0. The lowest BCUT2D eigenvalue weighted by molar-refractivity contribution is -0.137. The highest BCUT2D eigenvalue weighted by Gasteiger charge is 2.33. The summed E-state index contributed by atoms with van der Waals surface area (Å²) in [6.07, 6.45) is -4.60. The van der Waals surface area contributed by atoms with Crippen LogP contribution in [0.1, 0.15) is 38.8 Å². The summed E-state index contributed by atoms with van der Waals surface area (Å²) in [6, 6.07) is 12.1. The van der Waals surface area contributed by atoms with Gasteiger partial charge in [-0.25, -0.2) is 0 Å². The van der Waals surface area contributed by atoms with Gasteiger partial charge in [0.05, 0.1) is 17.8 Å². The summed E-state index contributed by atoms with van der Waals surface area (Å²) in [4.78, 5) is 25.9. The molecule has 2 aromatic rings. The number of carbonyl (C=O) groups excluding carboxylic acids is 2. The number of nitrogens with one attached hydrogen (secondary N) is 1. The third-order valence-corrected chi connectivity index (χ3v) is 4.66. The van der Waals surface area contributed by atoms with Gasteiger partial charge in [0, 0.05) is 6.54 Å². The molecule has 168 valence electrons. The minimum absolute atomic E-state index is 0.00848. The van der Waals surface area contributed by atoms with Crippen LogP contribution in [0, 0.1) is 0 Å². The number of amides is 2. The number of alkyl halides is 3. The first-order valence-electron chi connectivity index (χ1n) is 9.89. The number of carbonyl (C=O) groups is 2. The second kappa shape index (κ2) is 9.85. The molecule has 0 bridgehead atoms. The summed E-state index contributed by atoms with van der Waals surface area (Å²) in [5, 5.41) is 2.24. The van der Waals surface area contributed by atoms with Gasteiger partial charge in [-0.3, -0.25) is 9.59 Å². The highest BCUT2D eigenvalue weighted by atomic mass is 19.4. The predicted octanol–water partition coefficient (Wildman–Crippen LogP) is 4.87. The minimum atomic E-state index is -4.60. The molecule has 0 aromatic heterocycles. The van der Waals surface area contributed by atoms with Crippen molar-refractivity contribution in [2.24, 2.45) is 0 Å². The SMILES string of the molecule is CCN(CC(=O)Nc1ccccc1C(F)(F)F)C(=O)COc1ccc(C(C)(C)C)cc1. The highest BCUT2D eigenvalue weighted by Crippen LogP contribution is 2.34. The van der Waals surface area contributed by atoms with E-state index >= 15 is 0 Å². The van der Waals surface area contributed by atoms with Gasteiger partial charge >= 0.3 is 6.18 Å². The Morgan fingerprint density at radius 3 is 2.16 bits per heavy atom. The fourth-order valence-electron chi connectivity index (χ4n) is 2.87. The molecule has 0 saturated carbocycles. The summed E-state index contributed by atoms with van der Waals surface area (Å²) < 4.78 is 44.7. The summed E-state index contributed by atoms with van der Waals surface area (Å²) in [5.74, 6) is -0.649. The maximum Gasteiger partial charge on any atom is 0.418 e. The molecule has 0 atom stereocenters. The second-order valence-corrected chi connectivity index (χ2v) is 8.06. The molecular formula is C23H27F3N2O3. The normalized spacial score (nSPS) is 11.7. The quantitative estimate of drug-likeness (QED) is 0.674. The molecule has 0 aliphatic rings. The number of nitrogens with zero attached hydrogens (tertiary/aromatic N) is 1. The maximum atomic E-state index is 13.1. The average molecular weight is 436 g/mol. The van der Waals surface area contributed by atoms with Crippen molar-refractivity contribution in [3.8, 4) is 5.75 Å². The fraction of sp³-hybridized carbons (Fsp3) is 0.391. The standard InChI is InChI=1S/C23H27F3N2O3/c1-5-28(14-20(29)27-19-9-7-6-8-18(19)23(24,25)26)21(30)15-31-17-12-10-16(11-13-17)22(2,3)4/h6-13H,5,14-15H2,1-4H3,(H,27,29). The predicted molar refractivity (Wildman–Crippen MR) is 113 cm³/mol. The van der Waals surface area contributed by atoms with Crippen molar-refractivity contribution in [3.05, 3.63) is 59.7 Å². The molecular weight excluding hydrogens is 409 g/mol. The zero-order valence-corrected chi connectivity index (χ0v) is 18.0. The van der Waals surface area contributed by atoms with Crippen LogP contribution in [0.5, 0.6) is 5.75 Å². The minimum Gasteiger partial charge on any atom is -0.484 e. The molecule has 0 saturated heterocycles. The van der Waals surface area contributed by atoms with Gasteiger partial charge in [-0.1, -0.05) is 45.0 Å². The van der Waals surface area contributed by atoms with Crippen LogP contribution in [0.4, 0.5) is 18.9 Å². The van der Waals surface area contributed by atoms with Crippen LogP contribution in [0.25, 0.3) is 0 Å². The third kappa shape index (κ3) is 7.01. The van der Waals surface area contributed by atoms with Gasteiger partial charge in [-0.05, 0) is 42.2 Å². The van der Waals surface area contributed by atoms with Crippen molar-refractivity contribution in [1.29, 1.82) is 0 Å². The molecule has 0 unspecified atom stereocenters. The van der Waals surface area contributed by atoms with Crippen LogP contribution in [-0.4, -0.2) is 36.4 Å². The molecule has 0 heterocycles. The number of ether oxygens (including phenoxy) is 1. The molecule has 2 aromatic carbocycles. The van der Waals surface area contributed by atoms with Crippen LogP contribution in [0.15, 0.2) is 48.5 Å². The van der Waals surface area contributed by atoms with Crippen LogP contribution in [-0.2, 0) is 21.2 Å². The first-order chi connectivity index (χ1) is 14.4. The Bertz CT molecular complexity index is 904. The maximum absolute atomic E-state index is 13.1. The van der Waals surface area contributed by atoms with Gasteiger partial charge in [0.2, 0.25) is 5.91 Å². The Morgan fingerprint density at radius 2 is 1.61 bits per heavy atom. The highest BCUT2D eigenvalue weighted by molar-refractivity contribution is 5.95. The molecule has 5 nitrogen and oxygen atoms in total. The Kier molecular flexibility index (Phi) is 7.70. The number of rotatable bonds is 7. The van der Waals surface area contributed by atoms with Crippen molar-refractivity contribution in [2.45, 2.75) is 39.3 Å². The molecule has 1 N–H and O–H groups in total.